The molecule has 1 heterocycles. The second kappa shape index (κ2) is 3.88. The van der Waals surface area contributed by atoms with Crippen molar-refractivity contribution in [3.05, 3.63) is 29.0 Å². The van der Waals surface area contributed by atoms with Crippen LogP contribution < -0.4 is 0 Å². The van der Waals surface area contributed by atoms with Gasteiger partial charge in [0, 0.05) is 6.20 Å². The van der Waals surface area contributed by atoms with Gasteiger partial charge in [0.2, 0.25) is 0 Å². The van der Waals surface area contributed by atoms with Gasteiger partial charge in [0.05, 0.1) is 5.02 Å². The van der Waals surface area contributed by atoms with Crippen molar-refractivity contribution in [2.45, 2.75) is 0 Å². The minimum absolute atomic E-state index is 0. The quantitative estimate of drug-likeness (QED) is 0.709. The van der Waals surface area contributed by atoms with Crippen LogP contribution in [0.5, 0.6) is 0 Å². The van der Waals surface area contributed by atoms with Crippen molar-refractivity contribution in [2.24, 2.45) is 0 Å². The molecule has 0 radical (unpaired) electrons. The molecule has 0 aromatic carbocycles. The fraction of sp³-hybridized carbons (Fsp3) is 0. The number of carboxylic acids is 1. The molecule has 0 aliphatic heterocycles. The Balaban J connectivity index is 0.000001000. The molecule has 3 nitrogen and oxygen atoms in total. The van der Waals surface area contributed by atoms with Gasteiger partial charge in [-0.25, -0.2) is 9.78 Å². The monoisotopic (exact) mass is 177 g/mol. The van der Waals surface area contributed by atoms with Crippen LogP contribution in [0.4, 0.5) is 4.70 Å². The molecule has 5 heteroatoms. The Hall–Kier alpha value is -1.16. The van der Waals surface area contributed by atoms with Crippen LogP contribution in [0.25, 0.3) is 0 Å². The normalized spacial score (nSPS) is 8.45. The van der Waals surface area contributed by atoms with Crippen LogP contribution in [0.15, 0.2) is 18.3 Å². The second-order valence-electron chi connectivity index (χ2n) is 1.64. The van der Waals surface area contributed by atoms with Crippen molar-refractivity contribution in [3.63, 3.8) is 0 Å². The molecule has 0 aliphatic carbocycles. The van der Waals surface area contributed by atoms with Crippen molar-refractivity contribution in [1.29, 1.82) is 0 Å². The summed E-state index contributed by atoms with van der Waals surface area (Å²) < 4.78 is 0. The summed E-state index contributed by atoms with van der Waals surface area (Å²) in [4.78, 5) is 13.8. The third kappa shape index (κ3) is 2.16. The molecule has 0 unspecified atom stereocenters. The first-order valence-electron chi connectivity index (χ1n) is 2.55. The molecule has 60 valence electrons. The van der Waals surface area contributed by atoms with Gasteiger partial charge in [-0.15, -0.1) is 0 Å². The molecule has 11 heavy (non-hydrogen) atoms. The van der Waals surface area contributed by atoms with Gasteiger partial charge in [-0.1, -0.05) is 11.6 Å². The summed E-state index contributed by atoms with van der Waals surface area (Å²) in [5.74, 6) is -1.11. The Kier molecular flexibility index (Phi) is 3.47. The number of hydrogen-bond acceptors (Lipinski definition) is 2. The van der Waals surface area contributed by atoms with Gasteiger partial charge < -0.3 is 5.11 Å². The van der Waals surface area contributed by atoms with Crippen molar-refractivity contribution in [1.82, 2.24) is 4.98 Å². The molecule has 0 aliphatic rings. The lowest BCUT2D eigenvalue weighted by atomic mass is 10.3. The molecule has 1 N–H and O–H groups in total. The largest absolute Gasteiger partial charge is 0.476 e. The number of carbonyl (C=O) groups is 1. The van der Waals surface area contributed by atoms with Gasteiger partial charge in [-0.2, -0.15) is 0 Å². The maximum atomic E-state index is 10.3. The molecule has 1 aromatic rings. The molecule has 0 fully saturated rings. The average molecular weight is 178 g/mol. The predicted molar refractivity (Wildman–Crippen MR) is 38.7 cm³/mol. The van der Waals surface area contributed by atoms with Crippen LogP contribution in [-0.4, -0.2) is 16.1 Å². The molecule has 1 rings (SSSR count). The van der Waals surface area contributed by atoms with Gasteiger partial charge >= 0.3 is 5.97 Å². The van der Waals surface area contributed by atoms with Crippen molar-refractivity contribution >= 4 is 17.6 Å². The third-order valence-electron chi connectivity index (χ3n) is 0.961. The van der Waals surface area contributed by atoms with E-state index >= 15 is 0 Å². The van der Waals surface area contributed by atoms with E-state index in [1.165, 1.54) is 12.3 Å². The fourth-order valence-corrected chi connectivity index (χ4v) is 0.745. The first-order valence-corrected chi connectivity index (χ1v) is 2.93. The highest BCUT2D eigenvalue weighted by atomic mass is 35.5. The van der Waals surface area contributed by atoms with Crippen molar-refractivity contribution in [3.8, 4) is 0 Å². The van der Waals surface area contributed by atoms with E-state index in [1.54, 1.807) is 6.07 Å². The van der Waals surface area contributed by atoms with Gasteiger partial charge in [0.15, 0.2) is 5.69 Å². The summed E-state index contributed by atoms with van der Waals surface area (Å²) >= 11 is 5.48. The van der Waals surface area contributed by atoms with E-state index in [2.05, 4.69) is 4.98 Å². The first kappa shape index (κ1) is 9.84. The molecule has 0 atom stereocenters. The van der Waals surface area contributed by atoms with Crippen LogP contribution in [-0.2, 0) is 0 Å². The molecule has 0 amide bonds. The number of aromatic carboxylic acids is 1. The van der Waals surface area contributed by atoms with Crippen molar-refractivity contribution < 1.29 is 14.6 Å². The van der Waals surface area contributed by atoms with E-state index in [4.69, 9.17) is 16.7 Å². The molecular weight excluding hydrogens is 173 g/mol. The van der Waals surface area contributed by atoms with E-state index in [9.17, 15) is 4.79 Å². The zero-order valence-corrected chi connectivity index (χ0v) is 6.08. The molecule has 0 bridgehead atoms. The van der Waals surface area contributed by atoms with Gasteiger partial charge in [-0.3, -0.25) is 4.70 Å². The fourth-order valence-electron chi connectivity index (χ4n) is 0.543. The number of nitrogens with zero attached hydrogens (tertiary/aromatic N) is 1. The average Bonchev–Trinajstić information content (AvgIpc) is 1.88. The Morgan fingerprint density at radius 2 is 2.27 bits per heavy atom. The number of aromatic nitrogens is 1. The minimum Gasteiger partial charge on any atom is -0.476 e. The Bertz CT molecular complexity index is 267. The number of rotatable bonds is 1. The Morgan fingerprint density at radius 1 is 1.64 bits per heavy atom. The maximum absolute atomic E-state index is 10.3. The minimum atomic E-state index is -1.11. The van der Waals surface area contributed by atoms with Crippen LogP contribution in [0, 0.1) is 0 Å². The molecule has 0 saturated heterocycles. The molecule has 0 spiro atoms. The van der Waals surface area contributed by atoms with E-state index in [1.807, 2.05) is 0 Å². The van der Waals surface area contributed by atoms with E-state index in [0.717, 1.165) is 0 Å². The van der Waals surface area contributed by atoms with Crippen LogP contribution >= 0.6 is 11.6 Å². The summed E-state index contributed by atoms with van der Waals surface area (Å²) in [7, 11) is 0. The van der Waals surface area contributed by atoms with Crippen LogP contribution in [0.1, 0.15) is 10.5 Å². The first-order chi connectivity index (χ1) is 4.72. The molecule has 1 aromatic heterocycles. The number of pyridine rings is 1. The number of hydrogen-bond donors (Lipinski definition) is 1. The standard InChI is InChI=1S/C6H4ClNO2.FH/c7-4-2-1-3-8-5(4)6(9)10;/h1-3H,(H,9,10);1H. The predicted octanol–water partition coefficient (Wildman–Crippen LogP) is 1.59. The van der Waals surface area contributed by atoms with Gasteiger partial charge in [-0.05, 0) is 12.1 Å². The Morgan fingerprint density at radius 3 is 2.64 bits per heavy atom. The maximum Gasteiger partial charge on any atom is 0.356 e. The highest BCUT2D eigenvalue weighted by Gasteiger charge is 2.07. The lowest BCUT2D eigenvalue weighted by Gasteiger charge is -1.93. The van der Waals surface area contributed by atoms with E-state index in [0.29, 0.717) is 0 Å². The highest BCUT2D eigenvalue weighted by molar-refractivity contribution is 6.33. The summed E-state index contributed by atoms with van der Waals surface area (Å²) in [6.45, 7) is 0. The summed E-state index contributed by atoms with van der Waals surface area (Å²) in [6.07, 6.45) is 1.38. The summed E-state index contributed by atoms with van der Waals surface area (Å²) in [5.41, 5.74) is -0.107. The zero-order chi connectivity index (χ0) is 7.56. The third-order valence-corrected chi connectivity index (χ3v) is 1.27. The molecule has 0 saturated carbocycles. The highest BCUT2D eigenvalue weighted by Crippen LogP contribution is 2.10. The molecular formula is C6H5ClFNO2. The van der Waals surface area contributed by atoms with E-state index in [-0.39, 0.29) is 15.4 Å². The SMILES string of the molecule is F.O=C(O)c1ncccc1Cl. The number of carboxylic acid groups (broad SMARTS) is 1. The Labute approximate surface area is 67.0 Å². The number of halogens is 2. The van der Waals surface area contributed by atoms with Gasteiger partial charge in [0.25, 0.3) is 0 Å². The summed E-state index contributed by atoms with van der Waals surface area (Å²) in [5, 5.41) is 8.58. The lowest BCUT2D eigenvalue weighted by molar-refractivity contribution is 0.0690. The van der Waals surface area contributed by atoms with Crippen molar-refractivity contribution in [2.75, 3.05) is 0 Å². The van der Waals surface area contributed by atoms with Crippen LogP contribution in [0.3, 0.4) is 0 Å². The van der Waals surface area contributed by atoms with Crippen LogP contribution in [0.2, 0.25) is 5.02 Å². The lowest BCUT2D eigenvalue weighted by Crippen LogP contribution is -1.99. The topological polar surface area (TPSA) is 50.2 Å². The smallest absolute Gasteiger partial charge is 0.356 e. The second-order valence-corrected chi connectivity index (χ2v) is 2.05. The summed E-state index contributed by atoms with van der Waals surface area (Å²) in [6, 6.07) is 3.06. The zero-order valence-electron chi connectivity index (χ0n) is 5.32. The van der Waals surface area contributed by atoms with E-state index < -0.39 is 5.97 Å². The van der Waals surface area contributed by atoms with Gasteiger partial charge in [0.1, 0.15) is 0 Å².